The number of anilines is 1. The Balaban J connectivity index is 2.30. The summed E-state index contributed by atoms with van der Waals surface area (Å²) in [5.41, 5.74) is 9.61. The predicted molar refractivity (Wildman–Crippen MR) is 89.6 cm³/mol. The van der Waals surface area contributed by atoms with E-state index in [0.717, 1.165) is 24.9 Å². The van der Waals surface area contributed by atoms with Crippen molar-refractivity contribution in [1.29, 1.82) is 0 Å². The van der Waals surface area contributed by atoms with Crippen molar-refractivity contribution in [2.45, 2.75) is 32.7 Å². The SMILES string of the molecule is CCCNC(Cc1ccccc1C)c1cc(Cl)cnc1N. The van der Waals surface area contributed by atoms with Crippen molar-refractivity contribution in [2.75, 3.05) is 12.3 Å². The molecule has 4 heteroatoms. The molecule has 1 aromatic carbocycles. The number of benzene rings is 1. The van der Waals surface area contributed by atoms with Crippen molar-refractivity contribution < 1.29 is 0 Å². The first-order valence-corrected chi connectivity index (χ1v) is 7.68. The third-order valence-corrected chi connectivity index (χ3v) is 3.82. The molecule has 0 amide bonds. The highest BCUT2D eigenvalue weighted by Crippen LogP contribution is 2.26. The lowest BCUT2D eigenvalue weighted by Crippen LogP contribution is -2.25. The molecule has 3 nitrogen and oxygen atoms in total. The van der Waals surface area contributed by atoms with Gasteiger partial charge < -0.3 is 11.1 Å². The van der Waals surface area contributed by atoms with Gasteiger partial charge in [-0.1, -0.05) is 42.8 Å². The fraction of sp³-hybridized carbons (Fsp3) is 0.353. The van der Waals surface area contributed by atoms with E-state index in [1.165, 1.54) is 11.1 Å². The van der Waals surface area contributed by atoms with Gasteiger partial charge in [0.2, 0.25) is 0 Å². The molecular formula is C17H22ClN3. The number of aryl methyl sites for hydroxylation is 1. The maximum atomic E-state index is 6.08. The van der Waals surface area contributed by atoms with Crippen LogP contribution in [0.1, 0.15) is 36.1 Å². The summed E-state index contributed by atoms with van der Waals surface area (Å²) in [5, 5.41) is 4.17. The largest absolute Gasteiger partial charge is 0.383 e. The standard InChI is InChI=1S/C17H22ClN3/c1-3-8-20-16(9-13-7-5-4-6-12(13)2)15-10-14(18)11-21-17(15)19/h4-7,10-11,16,20H,3,8-9H2,1-2H3,(H2,19,21). The molecule has 1 heterocycles. The Morgan fingerprint density at radius 3 is 2.81 bits per heavy atom. The Bertz CT molecular complexity index is 598. The molecule has 0 aliphatic rings. The van der Waals surface area contributed by atoms with E-state index >= 15 is 0 Å². The summed E-state index contributed by atoms with van der Waals surface area (Å²) >= 11 is 6.08. The van der Waals surface area contributed by atoms with Crippen LogP contribution < -0.4 is 11.1 Å². The number of aromatic nitrogens is 1. The van der Waals surface area contributed by atoms with Crippen LogP contribution in [-0.4, -0.2) is 11.5 Å². The van der Waals surface area contributed by atoms with Crippen molar-refractivity contribution in [3.63, 3.8) is 0 Å². The third kappa shape index (κ3) is 4.19. The molecule has 2 rings (SSSR count). The summed E-state index contributed by atoms with van der Waals surface area (Å²) in [7, 11) is 0. The average molecular weight is 304 g/mol. The van der Waals surface area contributed by atoms with E-state index in [-0.39, 0.29) is 6.04 Å². The van der Waals surface area contributed by atoms with Crippen molar-refractivity contribution in [3.05, 3.63) is 58.2 Å². The van der Waals surface area contributed by atoms with Crippen LogP contribution in [0.2, 0.25) is 5.02 Å². The second-order valence-corrected chi connectivity index (χ2v) is 5.70. The van der Waals surface area contributed by atoms with Crippen molar-refractivity contribution in [1.82, 2.24) is 10.3 Å². The van der Waals surface area contributed by atoms with Gasteiger partial charge in [0.05, 0.1) is 5.02 Å². The van der Waals surface area contributed by atoms with Gasteiger partial charge in [0, 0.05) is 17.8 Å². The van der Waals surface area contributed by atoms with Crippen molar-refractivity contribution >= 4 is 17.4 Å². The molecule has 2 aromatic rings. The minimum absolute atomic E-state index is 0.122. The normalized spacial score (nSPS) is 12.3. The van der Waals surface area contributed by atoms with E-state index in [0.29, 0.717) is 10.8 Å². The Morgan fingerprint density at radius 1 is 1.33 bits per heavy atom. The van der Waals surface area contributed by atoms with Crippen LogP contribution in [-0.2, 0) is 6.42 Å². The second kappa shape index (κ2) is 7.43. The summed E-state index contributed by atoms with van der Waals surface area (Å²) < 4.78 is 0. The Hall–Kier alpha value is -1.58. The van der Waals surface area contributed by atoms with Crippen LogP contribution in [0.4, 0.5) is 5.82 Å². The highest BCUT2D eigenvalue weighted by Gasteiger charge is 2.16. The predicted octanol–water partition coefficient (Wildman–Crippen LogP) is 3.91. The second-order valence-electron chi connectivity index (χ2n) is 5.27. The van der Waals surface area contributed by atoms with E-state index in [9.17, 15) is 0 Å². The van der Waals surface area contributed by atoms with Crippen LogP contribution in [0.5, 0.6) is 0 Å². The quantitative estimate of drug-likeness (QED) is 0.850. The van der Waals surface area contributed by atoms with Crippen LogP contribution >= 0.6 is 11.6 Å². The first-order valence-electron chi connectivity index (χ1n) is 7.30. The van der Waals surface area contributed by atoms with Gasteiger partial charge in [-0.15, -0.1) is 0 Å². The number of nitrogens with one attached hydrogen (secondary N) is 1. The summed E-state index contributed by atoms with van der Waals surface area (Å²) in [6.45, 7) is 5.21. The van der Waals surface area contributed by atoms with E-state index in [2.05, 4.69) is 48.4 Å². The average Bonchev–Trinajstić information content (AvgIpc) is 2.48. The molecule has 0 radical (unpaired) electrons. The lowest BCUT2D eigenvalue weighted by Gasteiger charge is -2.21. The van der Waals surface area contributed by atoms with E-state index in [4.69, 9.17) is 17.3 Å². The maximum absolute atomic E-state index is 6.08. The highest BCUT2D eigenvalue weighted by molar-refractivity contribution is 6.30. The van der Waals surface area contributed by atoms with Crippen LogP contribution in [0.3, 0.4) is 0 Å². The zero-order valence-electron chi connectivity index (χ0n) is 12.6. The Morgan fingerprint density at radius 2 is 2.10 bits per heavy atom. The Labute approximate surface area is 131 Å². The summed E-state index contributed by atoms with van der Waals surface area (Å²) in [5.74, 6) is 0.543. The lowest BCUT2D eigenvalue weighted by molar-refractivity contribution is 0.528. The molecule has 1 atom stereocenters. The summed E-state index contributed by atoms with van der Waals surface area (Å²) in [4.78, 5) is 4.18. The number of nitrogen functional groups attached to an aromatic ring is 1. The van der Waals surface area contributed by atoms with Crippen LogP contribution in [0.15, 0.2) is 36.5 Å². The molecule has 112 valence electrons. The number of hydrogen-bond acceptors (Lipinski definition) is 3. The van der Waals surface area contributed by atoms with Crippen molar-refractivity contribution in [2.24, 2.45) is 0 Å². The fourth-order valence-corrected chi connectivity index (χ4v) is 2.58. The fourth-order valence-electron chi connectivity index (χ4n) is 2.41. The molecule has 1 unspecified atom stereocenters. The van der Waals surface area contributed by atoms with Gasteiger partial charge in [-0.25, -0.2) is 4.98 Å². The number of nitrogens with two attached hydrogens (primary N) is 1. The molecule has 0 fully saturated rings. The summed E-state index contributed by atoms with van der Waals surface area (Å²) in [6, 6.07) is 10.4. The minimum Gasteiger partial charge on any atom is -0.383 e. The molecule has 0 aliphatic heterocycles. The van der Waals surface area contributed by atoms with Gasteiger partial charge in [0.25, 0.3) is 0 Å². The monoisotopic (exact) mass is 303 g/mol. The van der Waals surface area contributed by atoms with Gasteiger partial charge in [-0.2, -0.15) is 0 Å². The third-order valence-electron chi connectivity index (χ3n) is 3.62. The molecule has 0 spiro atoms. The van der Waals surface area contributed by atoms with E-state index in [1.54, 1.807) is 6.20 Å². The number of halogens is 1. The molecule has 21 heavy (non-hydrogen) atoms. The molecule has 1 aromatic heterocycles. The number of pyridine rings is 1. The van der Waals surface area contributed by atoms with Crippen molar-refractivity contribution in [3.8, 4) is 0 Å². The topological polar surface area (TPSA) is 50.9 Å². The molecule has 0 bridgehead atoms. The molecular weight excluding hydrogens is 282 g/mol. The first kappa shape index (κ1) is 15.8. The van der Waals surface area contributed by atoms with Gasteiger partial charge in [0.15, 0.2) is 0 Å². The Kier molecular flexibility index (Phi) is 5.59. The maximum Gasteiger partial charge on any atom is 0.128 e. The number of nitrogens with zero attached hydrogens (tertiary/aromatic N) is 1. The molecule has 3 N–H and O–H groups in total. The molecule has 0 saturated heterocycles. The smallest absolute Gasteiger partial charge is 0.128 e. The number of hydrogen-bond donors (Lipinski definition) is 2. The zero-order chi connectivity index (χ0) is 15.2. The first-order chi connectivity index (χ1) is 10.1. The minimum atomic E-state index is 0.122. The zero-order valence-corrected chi connectivity index (χ0v) is 13.3. The summed E-state index contributed by atoms with van der Waals surface area (Å²) in [6.07, 6.45) is 3.53. The lowest BCUT2D eigenvalue weighted by atomic mass is 9.96. The highest BCUT2D eigenvalue weighted by atomic mass is 35.5. The van der Waals surface area contributed by atoms with Gasteiger partial charge in [-0.3, -0.25) is 0 Å². The molecule has 0 aliphatic carbocycles. The van der Waals surface area contributed by atoms with Crippen LogP contribution in [0, 0.1) is 6.92 Å². The van der Waals surface area contributed by atoms with E-state index in [1.807, 2.05) is 6.07 Å². The molecule has 0 saturated carbocycles. The van der Waals surface area contributed by atoms with Gasteiger partial charge in [-0.05, 0) is 43.5 Å². The number of rotatable bonds is 6. The van der Waals surface area contributed by atoms with Gasteiger partial charge >= 0.3 is 0 Å². The van der Waals surface area contributed by atoms with Crippen LogP contribution in [0.25, 0.3) is 0 Å². The van der Waals surface area contributed by atoms with Gasteiger partial charge in [0.1, 0.15) is 5.82 Å². The van der Waals surface area contributed by atoms with E-state index < -0.39 is 0 Å².